The van der Waals surface area contributed by atoms with Crippen LogP contribution in [-0.4, -0.2) is 16.9 Å². The molecule has 28 heavy (non-hydrogen) atoms. The molecule has 1 amide bonds. The molecule has 2 N–H and O–H groups in total. The molecule has 0 saturated heterocycles. The molecular formula is C22H21ClN4O. The molecule has 0 saturated carbocycles. The van der Waals surface area contributed by atoms with E-state index in [0.29, 0.717) is 23.1 Å². The lowest BCUT2D eigenvalue weighted by Gasteiger charge is -2.14. The van der Waals surface area contributed by atoms with Gasteiger partial charge in [0, 0.05) is 28.7 Å². The predicted octanol–water partition coefficient (Wildman–Crippen LogP) is 4.75. The fourth-order valence-corrected chi connectivity index (χ4v) is 2.78. The Kier molecular flexibility index (Phi) is 6.40. The molecule has 3 aromatic rings. The van der Waals surface area contributed by atoms with Crippen molar-refractivity contribution in [2.45, 2.75) is 20.4 Å². The molecule has 0 aliphatic rings. The molecule has 0 bridgehead atoms. The quantitative estimate of drug-likeness (QED) is 0.497. The maximum atomic E-state index is 12.6. The van der Waals surface area contributed by atoms with E-state index in [1.807, 2.05) is 50.2 Å². The normalized spacial score (nSPS) is 11.2. The van der Waals surface area contributed by atoms with Gasteiger partial charge in [-0.25, -0.2) is 4.99 Å². The summed E-state index contributed by atoms with van der Waals surface area (Å²) in [4.78, 5) is 21.3. The Morgan fingerprint density at radius 1 is 1.11 bits per heavy atom. The number of carbonyl (C=O) groups is 1. The fourth-order valence-electron chi connectivity index (χ4n) is 2.55. The minimum absolute atomic E-state index is 0.232. The van der Waals surface area contributed by atoms with Crippen LogP contribution in [0.15, 0.2) is 72.0 Å². The van der Waals surface area contributed by atoms with Gasteiger partial charge < -0.3 is 5.32 Å². The summed E-state index contributed by atoms with van der Waals surface area (Å²) in [5.74, 6) is 0.129. The third-order valence-electron chi connectivity index (χ3n) is 4.13. The first kappa shape index (κ1) is 19.6. The van der Waals surface area contributed by atoms with E-state index in [1.165, 1.54) is 0 Å². The van der Waals surface area contributed by atoms with Crippen LogP contribution >= 0.6 is 11.6 Å². The zero-order chi connectivity index (χ0) is 19.9. The second-order valence-corrected chi connectivity index (χ2v) is 6.87. The second kappa shape index (κ2) is 9.15. The van der Waals surface area contributed by atoms with E-state index in [-0.39, 0.29) is 5.91 Å². The summed E-state index contributed by atoms with van der Waals surface area (Å²) in [6.45, 7) is 4.30. The van der Waals surface area contributed by atoms with Crippen molar-refractivity contribution in [2.24, 2.45) is 4.99 Å². The third kappa shape index (κ3) is 5.41. The number of nitrogens with zero attached hydrogens (tertiary/aromatic N) is 2. The van der Waals surface area contributed by atoms with Crippen LogP contribution in [0.2, 0.25) is 5.02 Å². The summed E-state index contributed by atoms with van der Waals surface area (Å²) in [6, 6.07) is 16.7. The molecule has 0 atom stereocenters. The topological polar surface area (TPSA) is 66.4 Å². The van der Waals surface area contributed by atoms with E-state index < -0.39 is 0 Å². The van der Waals surface area contributed by atoms with E-state index in [0.717, 1.165) is 22.4 Å². The second-order valence-electron chi connectivity index (χ2n) is 6.43. The minimum atomic E-state index is -0.232. The lowest BCUT2D eigenvalue weighted by atomic mass is 10.1. The maximum absolute atomic E-state index is 12.6. The van der Waals surface area contributed by atoms with Crippen LogP contribution in [0.1, 0.15) is 27.0 Å². The van der Waals surface area contributed by atoms with Crippen LogP contribution in [-0.2, 0) is 6.54 Å². The highest BCUT2D eigenvalue weighted by atomic mass is 35.5. The van der Waals surface area contributed by atoms with Crippen molar-refractivity contribution in [3.8, 4) is 0 Å². The molecule has 1 aromatic heterocycles. The van der Waals surface area contributed by atoms with Gasteiger partial charge >= 0.3 is 0 Å². The fraction of sp³-hybridized carbons (Fsp3) is 0.136. The smallest absolute Gasteiger partial charge is 0.257 e. The van der Waals surface area contributed by atoms with E-state index in [1.54, 1.807) is 30.6 Å². The van der Waals surface area contributed by atoms with E-state index in [9.17, 15) is 4.79 Å². The highest BCUT2D eigenvalue weighted by Gasteiger charge is 2.10. The zero-order valence-corrected chi connectivity index (χ0v) is 16.5. The Bertz CT molecular complexity index is 985. The number of halogens is 1. The van der Waals surface area contributed by atoms with Crippen molar-refractivity contribution >= 4 is 29.2 Å². The molecule has 0 unspecified atom stereocenters. The number of nitrogens with one attached hydrogen (secondary N) is 2. The summed E-state index contributed by atoms with van der Waals surface area (Å²) < 4.78 is 0. The lowest BCUT2D eigenvalue weighted by Crippen LogP contribution is -2.36. The lowest BCUT2D eigenvalue weighted by molar-refractivity contribution is 0.0977. The number of hydrogen-bond acceptors (Lipinski definition) is 3. The molecule has 5 nitrogen and oxygen atoms in total. The van der Waals surface area contributed by atoms with Crippen molar-refractivity contribution in [3.05, 3.63) is 94.3 Å². The largest absolute Gasteiger partial charge is 0.326 e. The van der Waals surface area contributed by atoms with Gasteiger partial charge in [0.05, 0.1) is 6.54 Å². The minimum Gasteiger partial charge on any atom is -0.326 e. The van der Waals surface area contributed by atoms with Gasteiger partial charge in [0.25, 0.3) is 5.91 Å². The number of carbonyl (C=O) groups excluding carboxylic acids is 1. The summed E-state index contributed by atoms with van der Waals surface area (Å²) in [6.07, 6.45) is 3.46. The number of amides is 1. The van der Waals surface area contributed by atoms with E-state index >= 15 is 0 Å². The number of rotatable bonds is 4. The summed E-state index contributed by atoms with van der Waals surface area (Å²) in [5.41, 5.74) is 4.37. The van der Waals surface area contributed by atoms with Crippen molar-refractivity contribution in [3.63, 3.8) is 0 Å². The molecule has 2 aromatic carbocycles. The number of aliphatic imine (C=N–C) groups is 1. The molecule has 0 fully saturated rings. The van der Waals surface area contributed by atoms with Gasteiger partial charge in [-0.1, -0.05) is 35.4 Å². The van der Waals surface area contributed by atoms with Gasteiger partial charge in [-0.05, 0) is 61.4 Å². The Morgan fingerprint density at radius 3 is 2.57 bits per heavy atom. The standard InChI is InChI=1S/C22H21ClN4O/c1-15-5-7-18(8-6-15)21(28)27-22(25-14-17-4-3-11-24-13-17)26-20-10-9-19(23)12-16(20)2/h3-13H,14H2,1-2H3,(H2,25,26,27,28). The van der Waals surface area contributed by atoms with Crippen molar-refractivity contribution in [2.75, 3.05) is 5.32 Å². The van der Waals surface area contributed by atoms with Crippen LogP contribution in [0, 0.1) is 13.8 Å². The monoisotopic (exact) mass is 392 g/mol. The van der Waals surface area contributed by atoms with Gasteiger partial charge in [0.1, 0.15) is 0 Å². The van der Waals surface area contributed by atoms with E-state index in [4.69, 9.17) is 11.6 Å². The van der Waals surface area contributed by atoms with Crippen molar-refractivity contribution < 1.29 is 4.79 Å². The van der Waals surface area contributed by atoms with Crippen molar-refractivity contribution in [1.82, 2.24) is 10.3 Å². The molecule has 0 radical (unpaired) electrons. The SMILES string of the molecule is Cc1ccc(C(=O)NC(=NCc2cccnc2)Nc2ccc(Cl)cc2C)cc1. The van der Waals surface area contributed by atoms with E-state index in [2.05, 4.69) is 20.6 Å². The Morgan fingerprint density at radius 2 is 1.89 bits per heavy atom. The predicted molar refractivity (Wildman–Crippen MR) is 114 cm³/mol. The highest BCUT2D eigenvalue weighted by Crippen LogP contribution is 2.19. The van der Waals surface area contributed by atoms with Gasteiger partial charge in [-0.3, -0.25) is 15.1 Å². The van der Waals surface area contributed by atoms with Gasteiger partial charge in [-0.2, -0.15) is 0 Å². The number of hydrogen-bond donors (Lipinski definition) is 2. The zero-order valence-electron chi connectivity index (χ0n) is 15.7. The molecule has 6 heteroatoms. The number of aryl methyl sites for hydroxylation is 2. The first-order valence-corrected chi connectivity index (χ1v) is 9.23. The Hall–Kier alpha value is -3.18. The number of guanidine groups is 1. The Balaban J connectivity index is 1.82. The van der Waals surface area contributed by atoms with Crippen LogP contribution in [0.4, 0.5) is 5.69 Å². The van der Waals surface area contributed by atoms with Gasteiger partial charge in [0.15, 0.2) is 0 Å². The molecule has 0 spiro atoms. The molecular weight excluding hydrogens is 372 g/mol. The molecule has 3 rings (SSSR count). The summed E-state index contributed by atoms with van der Waals surface area (Å²) in [7, 11) is 0. The average molecular weight is 393 g/mol. The van der Waals surface area contributed by atoms with Crippen LogP contribution < -0.4 is 10.6 Å². The Labute approximate surface area is 169 Å². The number of anilines is 1. The maximum Gasteiger partial charge on any atom is 0.257 e. The van der Waals surface area contributed by atoms with Gasteiger partial charge in [0.2, 0.25) is 5.96 Å². The van der Waals surface area contributed by atoms with Crippen molar-refractivity contribution in [1.29, 1.82) is 0 Å². The number of pyridine rings is 1. The molecule has 1 heterocycles. The third-order valence-corrected chi connectivity index (χ3v) is 4.36. The highest BCUT2D eigenvalue weighted by molar-refractivity contribution is 6.30. The van der Waals surface area contributed by atoms with Crippen LogP contribution in [0.25, 0.3) is 0 Å². The molecule has 0 aliphatic heterocycles. The summed E-state index contributed by atoms with van der Waals surface area (Å²) in [5, 5.41) is 6.71. The van der Waals surface area contributed by atoms with Crippen LogP contribution in [0.5, 0.6) is 0 Å². The molecule has 0 aliphatic carbocycles. The van der Waals surface area contributed by atoms with Crippen LogP contribution in [0.3, 0.4) is 0 Å². The summed E-state index contributed by atoms with van der Waals surface area (Å²) >= 11 is 6.04. The molecule has 142 valence electrons. The first-order valence-electron chi connectivity index (χ1n) is 8.86. The number of benzene rings is 2. The number of aromatic nitrogens is 1. The first-order chi connectivity index (χ1) is 13.5. The average Bonchev–Trinajstić information content (AvgIpc) is 2.69. The van der Waals surface area contributed by atoms with Gasteiger partial charge in [-0.15, -0.1) is 0 Å².